The zero-order chi connectivity index (χ0) is 14.7. The van der Waals surface area contributed by atoms with Crippen molar-refractivity contribution >= 4 is 17.0 Å². The van der Waals surface area contributed by atoms with E-state index in [2.05, 4.69) is 17.2 Å². The predicted octanol–water partition coefficient (Wildman–Crippen LogP) is 1.75. The molecular formula is C14H19N3O3. The summed E-state index contributed by atoms with van der Waals surface area (Å²) < 4.78 is 6.74. The van der Waals surface area contributed by atoms with Crippen LogP contribution in [0.15, 0.2) is 15.5 Å². The molecule has 2 aromatic rings. The Morgan fingerprint density at radius 2 is 2.20 bits per heavy atom. The summed E-state index contributed by atoms with van der Waals surface area (Å²) in [6, 6.07) is 0. The Morgan fingerprint density at radius 3 is 2.90 bits per heavy atom. The summed E-state index contributed by atoms with van der Waals surface area (Å²) >= 11 is 0. The zero-order valence-corrected chi connectivity index (χ0v) is 12.0. The molecule has 6 nitrogen and oxygen atoms in total. The van der Waals surface area contributed by atoms with E-state index < -0.39 is 0 Å². The van der Waals surface area contributed by atoms with Crippen molar-refractivity contribution in [2.75, 3.05) is 6.54 Å². The summed E-state index contributed by atoms with van der Waals surface area (Å²) in [6.07, 6.45) is 4.46. The molecule has 0 unspecified atom stereocenters. The van der Waals surface area contributed by atoms with Gasteiger partial charge in [-0.1, -0.05) is 19.8 Å². The van der Waals surface area contributed by atoms with Gasteiger partial charge >= 0.3 is 0 Å². The molecule has 0 fully saturated rings. The second-order valence-corrected chi connectivity index (χ2v) is 4.84. The van der Waals surface area contributed by atoms with Gasteiger partial charge < -0.3 is 14.3 Å². The maximum atomic E-state index is 12.2. The van der Waals surface area contributed by atoms with Crippen LogP contribution in [-0.4, -0.2) is 22.0 Å². The number of amides is 1. The lowest BCUT2D eigenvalue weighted by Gasteiger charge is -2.04. The van der Waals surface area contributed by atoms with Gasteiger partial charge in [-0.3, -0.25) is 9.59 Å². The van der Waals surface area contributed by atoms with Gasteiger partial charge in [-0.25, -0.2) is 4.98 Å². The van der Waals surface area contributed by atoms with Gasteiger partial charge in [0.25, 0.3) is 11.5 Å². The largest absolute Gasteiger partial charge is 0.442 e. The first-order chi connectivity index (χ1) is 9.56. The molecule has 1 N–H and O–H groups in total. The van der Waals surface area contributed by atoms with Crippen LogP contribution in [0.25, 0.3) is 11.1 Å². The number of furan rings is 1. The Hall–Kier alpha value is -2.11. The van der Waals surface area contributed by atoms with Crippen LogP contribution in [0, 0.1) is 6.92 Å². The lowest BCUT2D eigenvalue weighted by Crippen LogP contribution is -2.27. The van der Waals surface area contributed by atoms with Crippen molar-refractivity contribution in [2.45, 2.75) is 33.1 Å². The van der Waals surface area contributed by atoms with Gasteiger partial charge in [0, 0.05) is 13.6 Å². The lowest BCUT2D eigenvalue weighted by atomic mass is 10.1. The fourth-order valence-electron chi connectivity index (χ4n) is 2.13. The summed E-state index contributed by atoms with van der Waals surface area (Å²) in [4.78, 5) is 28.4. The van der Waals surface area contributed by atoms with E-state index in [1.54, 1.807) is 14.0 Å². The summed E-state index contributed by atoms with van der Waals surface area (Å²) in [5.74, 6) is 0.145. The van der Waals surface area contributed by atoms with Crippen LogP contribution in [0.4, 0.5) is 0 Å². The average molecular weight is 277 g/mol. The molecule has 6 heteroatoms. The van der Waals surface area contributed by atoms with Gasteiger partial charge in [-0.15, -0.1) is 0 Å². The smallest absolute Gasteiger partial charge is 0.265 e. The molecule has 0 atom stereocenters. The maximum absolute atomic E-state index is 12.2. The lowest BCUT2D eigenvalue weighted by molar-refractivity contribution is 0.0953. The Labute approximate surface area is 116 Å². The number of hydrogen-bond acceptors (Lipinski definition) is 4. The molecule has 2 aromatic heterocycles. The highest BCUT2D eigenvalue weighted by Gasteiger charge is 2.21. The average Bonchev–Trinajstić information content (AvgIpc) is 2.76. The Kier molecular flexibility index (Phi) is 4.22. The van der Waals surface area contributed by atoms with Gasteiger partial charge in [0.15, 0.2) is 0 Å². The van der Waals surface area contributed by atoms with E-state index in [9.17, 15) is 9.59 Å². The van der Waals surface area contributed by atoms with Crippen molar-refractivity contribution in [2.24, 2.45) is 7.05 Å². The Morgan fingerprint density at radius 1 is 1.45 bits per heavy atom. The molecule has 0 aliphatic heterocycles. The first-order valence-corrected chi connectivity index (χ1v) is 6.79. The van der Waals surface area contributed by atoms with Crippen LogP contribution < -0.4 is 10.9 Å². The fraction of sp³-hybridized carbons (Fsp3) is 0.500. The number of rotatable bonds is 5. The van der Waals surface area contributed by atoms with Gasteiger partial charge in [0.05, 0.1) is 5.56 Å². The molecule has 0 saturated carbocycles. The van der Waals surface area contributed by atoms with Gasteiger partial charge in [0.1, 0.15) is 17.5 Å². The van der Waals surface area contributed by atoms with E-state index in [0.717, 1.165) is 19.3 Å². The Bertz CT molecular complexity index is 685. The quantitative estimate of drug-likeness (QED) is 0.845. The minimum atomic E-state index is -0.276. The third kappa shape index (κ3) is 2.59. The molecule has 20 heavy (non-hydrogen) atoms. The molecule has 2 heterocycles. The first kappa shape index (κ1) is 14.3. The number of carbonyl (C=O) groups is 1. The third-order valence-electron chi connectivity index (χ3n) is 3.24. The van der Waals surface area contributed by atoms with E-state index in [1.807, 2.05) is 0 Å². The molecule has 0 radical (unpaired) electrons. The molecule has 0 bridgehead atoms. The van der Waals surface area contributed by atoms with Crippen molar-refractivity contribution in [3.63, 3.8) is 0 Å². The molecule has 2 rings (SSSR count). The minimum absolute atomic E-state index is 0.212. The number of nitrogens with one attached hydrogen (secondary N) is 1. The molecule has 0 aromatic carbocycles. The van der Waals surface area contributed by atoms with E-state index >= 15 is 0 Å². The summed E-state index contributed by atoms with van der Waals surface area (Å²) in [5.41, 5.74) is 0.236. The summed E-state index contributed by atoms with van der Waals surface area (Å²) in [6.45, 7) is 4.37. The van der Waals surface area contributed by atoms with Crippen LogP contribution >= 0.6 is 0 Å². The van der Waals surface area contributed by atoms with E-state index in [-0.39, 0.29) is 22.6 Å². The normalized spacial score (nSPS) is 10.9. The highest BCUT2D eigenvalue weighted by atomic mass is 16.3. The second kappa shape index (κ2) is 5.90. The summed E-state index contributed by atoms with van der Waals surface area (Å²) in [7, 11) is 1.60. The van der Waals surface area contributed by atoms with E-state index in [1.165, 1.54) is 10.9 Å². The maximum Gasteiger partial charge on any atom is 0.265 e. The predicted molar refractivity (Wildman–Crippen MR) is 75.8 cm³/mol. The van der Waals surface area contributed by atoms with Crippen molar-refractivity contribution in [3.05, 3.63) is 28.0 Å². The second-order valence-electron chi connectivity index (χ2n) is 4.84. The summed E-state index contributed by atoms with van der Waals surface area (Å²) in [5, 5.41) is 3.08. The molecule has 0 aliphatic carbocycles. The monoisotopic (exact) mass is 277 g/mol. The van der Waals surface area contributed by atoms with E-state index in [0.29, 0.717) is 17.9 Å². The third-order valence-corrected chi connectivity index (χ3v) is 3.24. The van der Waals surface area contributed by atoms with Gasteiger partial charge in [-0.05, 0) is 13.3 Å². The first-order valence-electron chi connectivity index (χ1n) is 6.79. The van der Waals surface area contributed by atoms with Crippen molar-refractivity contribution in [1.82, 2.24) is 14.9 Å². The number of aryl methyl sites for hydroxylation is 2. The molecule has 0 saturated heterocycles. The van der Waals surface area contributed by atoms with Gasteiger partial charge in [0.2, 0.25) is 5.71 Å². The van der Waals surface area contributed by atoms with Crippen molar-refractivity contribution < 1.29 is 9.21 Å². The Balaban J connectivity index is 2.34. The SMILES string of the molecule is CCCCCNC(=O)c1c(C)oc2ncn(C)c(=O)c12. The zero-order valence-electron chi connectivity index (χ0n) is 12.0. The van der Waals surface area contributed by atoms with Gasteiger partial charge in [-0.2, -0.15) is 0 Å². The molecule has 1 amide bonds. The van der Waals surface area contributed by atoms with Crippen LogP contribution in [0.2, 0.25) is 0 Å². The number of nitrogens with zero attached hydrogens (tertiary/aromatic N) is 2. The highest BCUT2D eigenvalue weighted by molar-refractivity contribution is 6.06. The molecule has 0 aliphatic rings. The number of fused-ring (bicyclic) bond motifs is 1. The van der Waals surface area contributed by atoms with Crippen LogP contribution in [0.3, 0.4) is 0 Å². The van der Waals surface area contributed by atoms with E-state index in [4.69, 9.17) is 4.42 Å². The van der Waals surface area contributed by atoms with Crippen LogP contribution in [0.1, 0.15) is 42.3 Å². The number of hydrogen-bond donors (Lipinski definition) is 1. The number of aromatic nitrogens is 2. The minimum Gasteiger partial charge on any atom is -0.442 e. The standard InChI is InChI=1S/C14H19N3O3/c1-4-5-6-7-15-12(18)10-9(2)20-13-11(10)14(19)17(3)8-16-13/h8H,4-7H2,1-3H3,(H,15,18). The fourth-order valence-corrected chi connectivity index (χ4v) is 2.13. The van der Waals surface area contributed by atoms with Crippen LogP contribution in [0.5, 0.6) is 0 Å². The molecular weight excluding hydrogens is 258 g/mol. The van der Waals surface area contributed by atoms with Crippen LogP contribution in [-0.2, 0) is 7.05 Å². The highest BCUT2D eigenvalue weighted by Crippen LogP contribution is 2.20. The number of unbranched alkanes of at least 4 members (excludes halogenated alkanes) is 2. The molecule has 108 valence electrons. The number of carbonyl (C=O) groups excluding carboxylic acids is 1. The topological polar surface area (TPSA) is 77.1 Å². The van der Waals surface area contributed by atoms with Crippen molar-refractivity contribution in [1.29, 1.82) is 0 Å². The molecule has 0 spiro atoms. The van der Waals surface area contributed by atoms with Crippen molar-refractivity contribution in [3.8, 4) is 0 Å².